The molecule has 0 spiro atoms. The normalized spacial score (nSPS) is 15.0. The van der Waals surface area contributed by atoms with Crippen LogP contribution in [0.25, 0.3) is 11.3 Å². The number of aryl methyl sites for hydroxylation is 3. The minimum atomic E-state index is -3.65. The third kappa shape index (κ3) is 4.72. The second-order valence-electron chi connectivity index (χ2n) is 8.31. The van der Waals surface area contributed by atoms with Gasteiger partial charge in [-0.15, -0.1) is 10.2 Å². The van der Waals surface area contributed by atoms with E-state index >= 15 is 0 Å². The molecule has 1 aliphatic rings. The van der Waals surface area contributed by atoms with Crippen molar-refractivity contribution in [1.82, 2.24) is 14.5 Å². The summed E-state index contributed by atoms with van der Waals surface area (Å²) in [7, 11) is -2.15. The van der Waals surface area contributed by atoms with Crippen molar-refractivity contribution in [2.45, 2.75) is 32.1 Å². The van der Waals surface area contributed by atoms with Gasteiger partial charge in [0.1, 0.15) is 10.6 Å². The number of nitrogens with zero attached hydrogens (tertiary/aromatic N) is 4. The summed E-state index contributed by atoms with van der Waals surface area (Å²) in [5, 5.41) is 8.80. The average Bonchev–Trinajstić information content (AvgIpc) is 2.85. The molecule has 0 N–H and O–H groups in total. The molecule has 0 bridgehead atoms. The zero-order valence-corrected chi connectivity index (χ0v) is 20.4. The summed E-state index contributed by atoms with van der Waals surface area (Å²) in [6, 6.07) is 15.7. The van der Waals surface area contributed by atoms with Gasteiger partial charge < -0.3 is 9.64 Å². The van der Waals surface area contributed by atoms with Crippen molar-refractivity contribution in [3.63, 3.8) is 0 Å². The quantitative estimate of drug-likeness (QED) is 0.549. The lowest BCUT2D eigenvalue weighted by Crippen LogP contribution is -2.49. The molecule has 33 heavy (non-hydrogen) atoms. The Morgan fingerprint density at radius 2 is 1.58 bits per heavy atom. The fraction of sp³-hybridized carbons (Fsp3) is 0.360. The van der Waals surface area contributed by atoms with Gasteiger partial charge in [0.05, 0.1) is 12.8 Å². The number of methoxy groups -OCH3 is 1. The predicted octanol–water partition coefficient (Wildman–Crippen LogP) is 3.84. The van der Waals surface area contributed by atoms with Crippen LogP contribution in [0.3, 0.4) is 0 Å². The molecule has 0 saturated carbocycles. The molecule has 0 radical (unpaired) electrons. The van der Waals surface area contributed by atoms with E-state index in [-0.39, 0.29) is 4.90 Å². The number of rotatable bonds is 6. The van der Waals surface area contributed by atoms with Crippen molar-refractivity contribution < 1.29 is 13.2 Å². The Kier molecular flexibility index (Phi) is 6.67. The predicted molar refractivity (Wildman–Crippen MR) is 130 cm³/mol. The van der Waals surface area contributed by atoms with Gasteiger partial charge in [-0.3, -0.25) is 0 Å². The fourth-order valence-corrected chi connectivity index (χ4v) is 5.62. The van der Waals surface area contributed by atoms with Crippen LogP contribution in [0.5, 0.6) is 5.75 Å². The van der Waals surface area contributed by atoms with Gasteiger partial charge >= 0.3 is 0 Å². The Morgan fingerprint density at radius 3 is 2.15 bits per heavy atom. The van der Waals surface area contributed by atoms with Gasteiger partial charge in [0.15, 0.2) is 5.82 Å². The molecule has 1 saturated heterocycles. The van der Waals surface area contributed by atoms with Gasteiger partial charge in [0.25, 0.3) is 0 Å². The summed E-state index contributed by atoms with van der Waals surface area (Å²) in [5.41, 5.74) is 5.06. The summed E-state index contributed by atoms with van der Waals surface area (Å²) < 4.78 is 33.5. The van der Waals surface area contributed by atoms with Crippen LogP contribution in [-0.4, -0.2) is 56.2 Å². The molecule has 1 aromatic heterocycles. The lowest BCUT2D eigenvalue weighted by molar-refractivity contribution is 0.373. The second-order valence-corrected chi connectivity index (χ2v) is 10.2. The number of piperazine rings is 1. The zero-order valence-electron chi connectivity index (χ0n) is 19.6. The molecule has 7 nitrogen and oxygen atoms in total. The highest BCUT2D eigenvalue weighted by molar-refractivity contribution is 7.89. The average molecular weight is 467 g/mol. The van der Waals surface area contributed by atoms with Crippen molar-refractivity contribution >= 4 is 15.8 Å². The molecule has 0 aliphatic carbocycles. The number of ether oxygens (including phenoxy) is 1. The molecular formula is C25H30N4O3S. The summed E-state index contributed by atoms with van der Waals surface area (Å²) >= 11 is 0. The largest absolute Gasteiger partial charge is 0.495 e. The first-order valence-electron chi connectivity index (χ1n) is 11.2. The number of benzene rings is 2. The molecule has 0 unspecified atom stereocenters. The van der Waals surface area contributed by atoms with Crippen molar-refractivity contribution in [1.29, 1.82) is 0 Å². The van der Waals surface area contributed by atoms with Gasteiger partial charge in [0, 0.05) is 31.7 Å². The third-order valence-corrected chi connectivity index (χ3v) is 8.19. The smallest absolute Gasteiger partial charge is 0.246 e. The Morgan fingerprint density at radius 1 is 0.909 bits per heavy atom. The second kappa shape index (κ2) is 9.49. The van der Waals surface area contributed by atoms with Crippen LogP contribution in [0, 0.1) is 13.8 Å². The standard InChI is InChI=1S/C25H30N4O3S/c1-5-20-6-8-21(9-7-20)22-10-11-25(27-26-22)28-12-14-29(15-13-28)33(30,31)24-17-19(3)18(2)16-23(24)32-4/h6-11,16-17H,5,12-15H2,1-4H3. The highest BCUT2D eigenvalue weighted by Crippen LogP contribution is 2.30. The summed E-state index contributed by atoms with van der Waals surface area (Å²) in [6.07, 6.45) is 1.00. The van der Waals surface area contributed by atoms with Gasteiger partial charge in [0.2, 0.25) is 10.0 Å². The molecule has 174 valence electrons. The van der Waals surface area contributed by atoms with E-state index in [0.717, 1.165) is 34.6 Å². The van der Waals surface area contributed by atoms with Crippen LogP contribution >= 0.6 is 0 Å². The van der Waals surface area contributed by atoms with Gasteiger partial charge in [-0.25, -0.2) is 8.42 Å². The first-order valence-corrected chi connectivity index (χ1v) is 12.6. The Labute approximate surface area is 196 Å². The van der Waals surface area contributed by atoms with E-state index in [1.807, 2.05) is 26.0 Å². The topological polar surface area (TPSA) is 75.6 Å². The molecule has 4 rings (SSSR count). The molecule has 8 heteroatoms. The Bertz CT molecular complexity index is 1220. The number of hydrogen-bond donors (Lipinski definition) is 0. The summed E-state index contributed by atoms with van der Waals surface area (Å²) in [4.78, 5) is 2.29. The maximum Gasteiger partial charge on any atom is 0.246 e. The van der Waals surface area contributed by atoms with Crippen LogP contribution in [0.2, 0.25) is 0 Å². The van der Waals surface area contributed by atoms with E-state index in [1.54, 1.807) is 12.1 Å². The maximum absolute atomic E-state index is 13.3. The van der Waals surface area contributed by atoms with Crippen molar-refractivity contribution in [2.75, 3.05) is 38.2 Å². The summed E-state index contributed by atoms with van der Waals surface area (Å²) in [6.45, 7) is 7.83. The Balaban J connectivity index is 1.46. The highest BCUT2D eigenvalue weighted by Gasteiger charge is 2.31. The van der Waals surface area contributed by atoms with Gasteiger partial charge in [-0.1, -0.05) is 31.2 Å². The van der Waals surface area contributed by atoms with Crippen molar-refractivity contribution in [3.8, 4) is 17.0 Å². The summed E-state index contributed by atoms with van der Waals surface area (Å²) in [5.74, 6) is 1.14. The SMILES string of the molecule is CCc1ccc(-c2ccc(N3CCN(S(=O)(=O)c4cc(C)c(C)cc4OC)CC3)nn2)cc1. The lowest BCUT2D eigenvalue weighted by atomic mass is 10.1. The zero-order chi connectivity index (χ0) is 23.6. The molecule has 0 atom stereocenters. The van der Waals surface area contributed by atoms with E-state index in [1.165, 1.54) is 17.0 Å². The van der Waals surface area contributed by atoms with Crippen LogP contribution in [0.1, 0.15) is 23.6 Å². The molecule has 2 heterocycles. The molecular weight excluding hydrogens is 436 g/mol. The highest BCUT2D eigenvalue weighted by atomic mass is 32.2. The molecule has 3 aromatic rings. The van der Waals surface area contributed by atoms with E-state index < -0.39 is 10.0 Å². The number of hydrogen-bond acceptors (Lipinski definition) is 6. The minimum absolute atomic E-state index is 0.222. The first-order chi connectivity index (χ1) is 15.8. The van der Waals surface area contributed by atoms with E-state index in [9.17, 15) is 8.42 Å². The number of aromatic nitrogens is 2. The Hall–Kier alpha value is -2.97. The van der Waals surface area contributed by atoms with Crippen molar-refractivity contribution in [2.24, 2.45) is 0 Å². The number of sulfonamides is 1. The van der Waals surface area contributed by atoms with Crippen LogP contribution in [0.4, 0.5) is 5.82 Å². The molecule has 2 aromatic carbocycles. The van der Waals surface area contributed by atoms with Crippen molar-refractivity contribution in [3.05, 3.63) is 65.2 Å². The maximum atomic E-state index is 13.3. The van der Waals surface area contributed by atoms with Gasteiger partial charge in [-0.2, -0.15) is 4.31 Å². The first kappa shape index (κ1) is 23.2. The van der Waals surface area contributed by atoms with Crippen LogP contribution in [-0.2, 0) is 16.4 Å². The minimum Gasteiger partial charge on any atom is -0.495 e. The van der Waals surface area contributed by atoms with E-state index in [2.05, 4.69) is 46.3 Å². The van der Waals surface area contributed by atoms with E-state index in [4.69, 9.17) is 4.74 Å². The third-order valence-electron chi connectivity index (χ3n) is 6.27. The van der Waals surface area contributed by atoms with E-state index in [0.29, 0.717) is 31.9 Å². The molecule has 1 aliphatic heterocycles. The monoisotopic (exact) mass is 466 g/mol. The molecule has 0 amide bonds. The van der Waals surface area contributed by atoms with Gasteiger partial charge in [-0.05, 0) is 61.2 Å². The molecule has 1 fully saturated rings. The number of anilines is 1. The lowest BCUT2D eigenvalue weighted by Gasteiger charge is -2.34. The van der Waals surface area contributed by atoms with Crippen LogP contribution in [0.15, 0.2) is 53.4 Å². The van der Waals surface area contributed by atoms with Crippen LogP contribution < -0.4 is 9.64 Å². The fourth-order valence-electron chi connectivity index (χ4n) is 3.98.